The summed E-state index contributed by atoms with van der Waals surface area (Å²) < 4.78 is 13.4. The van der Waals surface area contributed by atoms with Gasteiger partial charge in [-0.1, -0.05) is 32.1 Å². The number of hydrogen-bond acceptors (Lipinski definition) is 2. The highest BCUT2D eigenvalue weighted by Gasteiger charge is 2.43. The first-order valence-corrected chi connectivity index (χ1v) is 7.27. The number of carbonyl (C=O) groups excluding carboxylic acids is 1. The minimum atomic E-state index is -0.830. The first-order chi connectivity index (χ1) is 9.46. The lowest BCUT2D eigenvalue weighted by atomic mass is 9.80. The SMILES string of the molecule is CCC(CC)(C(=O)N1CCc2ccc(F)cc21)C(N)=S. The number of rotatable bonds is 4. The monoisotopic (exact) mass is 294 g/mol. The zero-order valence-electron chi connectivity index (χ0n) is 11.8. The van der Waals surface area contributed by atoms with E-state index < -0.39 is 5.41 Å². The van der Waals surface area contributed by atoms with Crippen LogP contribution in [0.3, 0.4) is 0 Å². The lowest BCUT2D eigenvalue weighted by Gasteiger charge is -2.33. The van der Waals surface area contributed by atoms with E-state index in [0.717, 1.165) is 12.0 Å². The van der Waals surface area contributed by atoms with Crippen LogP contribution in [0.25, 0.3) is 0 Å². The zero-order chi connectivity index (χ0) is 14.9. The highest BCUT2D eigenvalue weighted by molar-refractivity contribution is 7.80. The Morgan fingerprint density at radius 3 is 2.65 bits per heavy atom. The van der Waals surface area contributed by atoms with E-state index in [9.17, 15) is 9.18 Å². The molecule has 1 aromatic rings. The molecule has 1 heterocycles. The van der Waals surface area contributed by atoms with Gasteiger partial charge in [0.05, 0.1) is 10.4 Å². The zero-order valence-corrected chi connectivity index (χ0v) is 12.6. The Bertz CT molecular complexity index is 555. The molecule has 2 N–H and O–H groups in total. The third kappa shape index (κ3) is 2.20. The summed E-state index contributed by atoms with van der Waals surface area (Å²) in [7, 11) is 0. The third-order valence-electron chi connectivity index (χ3n) is 4.28. The molecule has 0 spiro atoms. The molecule has 0 fully saturated rings. The van der Waals surface area contributed by atoms with E-state index in [0.29, 0.717) is 25.1 Å². The Balaban J connectivity index is 2.41. The van der Waals surface area contributed by atoms with E-state index in [1.807, 2.05) is 13.8 Å². The van der Waals surface area contributed by atoms with Gasteiger partial charge in [0.1, 0.15) is 5.82 Å². The number of amides is 1. The minimum absolute atomic E-state index is 0.112. The number of nitrogens with two attached hydrogens (primary N) is 1. The van der Waals surface area contributed by atoms with Crippen molar-refractivity contribution >= 4 is 28.8 Å². The summed E-state index contributed by atoms with van der Waals surface area (Å²) in [5, 5.41) is 0. The summed E-state index contributed by atoms with van der Waals surface area (Å²) in [6, 6.07) is 4.57. The van der Waals surface area contributed by atoms with Gasteiger partial charge in [-0.25, -0.2) is 4.39 Å². The van der Waals surface area contributed by atoms with Crippen LogP contribution in [0.1, 0.15) is 32.3 Å². The van der Waals surface area contributed by atoms with Crippen molar-refractivity contribution in [2.45, 2.75) is 33.1 Å². The quantitative estimate of drug-likeness (QED) is 0.869. The summed E-state index contributed by atoms with van der Waals surface area (Å²) in [4.78, 5) is 14.7. The first kappa shape index (κ1) is 14.9. The van der Waals surface area contributed by atoms with Gasteiger partial charge in [-0.15, -0.1) is 0 Å². The topological polar surface area (TPSA) is 46.3 Å². The molecule has 20 heavy (non-hydrogen) atoms. The predicted molar refractivity (Wildman–Crippen MR) is 82.3 cm³/mol. The van der Waals surface area contributed by atoms with Gasteiger partial charge in [0, 0.05) is 12.2 Å². The van der Waals surface area contributed by atoms with E-state index in [-0.39, 0.29) is 16.7 Å². The second-order valence-electron chi connectivity index (χ2n) is 5.13. The molecule has 2 rings (SSSR count). The summed E-state index contributed by atoms with van der Waals surface area (Å²) in [6.07, 6.45) is 1.85. The summed E-state index contributed by atoms with van der Waals surface area (Å²) in [5.41, 5.74) is 6.63. The van der Waals surface area contributed by atoms with E-state index >= 15 is 0 Å². The smallest absolute Gasteiger partial charge is 0.240 e. The average Bonchev–Trinajstić information content (AvgIpc) is 2.83. The van der Waals surface area contributed by atoms with Gasteiger partial charge in [-0.3, -0.25) is 4.79 Å². The largest absolute Gasteiger partial charge is 0.392 e. The molecule has 108 valence electrons. The van der Waals surface area contributed by atoms with Crippen LogP contribution in [-0.2, 0) is 11.2 Å². The van der Waals surface area contributed by atoms with Crippen LogP contribution in [0.2, 0.25) is 0 Å². The Morgan fingerprint density at radius 2 is 2.10 bits per heavy atom. The Kier molecular flexibility index (Phi) is 4.09. The molecule has 0 radical (unpaired) electrons. The van der Waals surface area contributed by atoms with Crippen molar-refractivity contribution in [3.8, 4) is 0 Å². The first-order valence-electron chi connectivity index (χ1n) is 6.86. The molecule has 0 saturated heterocycles. The summed E-state index contributed by atoms with van der Waals surface area (Å²) >= 11 is 5.12. The van der Waals surface area contributed by atoms with Gasteiger partial charge in [0.15, 0.2) is 0 Å². The van der Waals surface area contributed by atoms with Crippen LogP contribution in [0.4, 0.5) is 10.1 Å². The van der Waals surface area contributed by atoms with Gasteiger partial charge in [0.25, 0.3) is 0 Å². The maximum absolute atomic E-state index is 13.4. The molecule has 3 nitrogen and oxygen atoms in total. The predicted octanol–water partition coefficient (Wildman–Crippen LogP) is 2.81. The number of thiocarbonyl (C=S) groups is 1. The van der Waals surface area contributed by atoms with Crippen molar-refractivity contribution in [1.29, 1.82) is 0 Å². The number of halogens is 1. The number of benzene rings is 1. The van der Waals surface area contributed by atoms with Crippen LogP contribution in [-0.4, -0.2) is 17.4 Å². The summed E-state index contributed by atoms with van der Waals surface area (Å²) in [6.45, 7) is 4.37. The van der Waals surface area contributed by atoms with Crippen molar-refractivity contribution in [2.75, 3.05) is 11.4 Å². The minimum Gasteiger partial charge on any atom is -0.392 e. The second kappa shape index (κ2) is 5.48. The van der Waals surface area contributed by atoms with Crippen molar-refractivity contribution in [1.82, 2.24) is 0 Å². The number of anilines is 1. The number of hydrogen-bond donors (Lipinski definition) is 1. The van der Waals surface area contributed by atoms with Gasteiger partial charge < -0.3 is 10.6 Å². The van der Waals surface area contributed by atoms with Crippen molar-refractivity contribution in [3.63, 3.8) is 0 Å². The van der Waals surface area contributed by atoms with Crippen LogP contribution in [0, 0.1) is 11.2 Å². The van der Waals surface area contributed by atoms with Crippen LogP contribution < -0.4 is 10.6 Å². The molecule has 1 aliphatic heterocycles. The Morgan fingerprint density at radius 1 is 1.45 bits per heavy atom. The molecule has 1 aliphatic rings. The molecule has 0 aromatic heterocycles. The molecule has 0 unspecified atom stereocenters. The standard InChI is InChI=1S/C15H19FN2OS/c1-3-15(4-2,13(17)20)14(19)18-8-7-10-5-6-11(16)9-12(10)18/h5-6,9H,3-4,7-8H2,1-2H3,(H2,17,20). The van der Waals surface area contributed by atoms with E-state index in [1.54, 1.807) is 11.0 Å². The Hall–Kier alpha value is -1.49. The van der Waals surface area contributed by atoms with Gasteiger partial charge in [-0.2, -0.15) is 0 Å². The van der Waals surface area contributed by atoms with Crippen molar-refractivity contribution in [2.24, 2.45) is 11.1 Å². The van der Waals surface area contributed by atoms with Gasteiger partial charge in [-0.05, 0) is 37.0 Å². The van der Waals surface area contributed by atoms with Crippen LogP contribution in [0.5, 0.6) is 0 Å². The van der Waals surface area contributed by atoms with Crippen molar-refractivity contribution < 1.29 is 9.18 Å². The highest BCUT2D eigenvalue weighted by atomic mass is 32.1. The van der Waals surface area contributed by atoms with E-state index in [4.69, 9.17) is 18.0 Å². The number of fused-ring (bicyclic) bond motifs is 1. The molecular formula is C15H19FN2OS. The fourth-order valence-electron chi connectivity index (χ4n) is 2.83. The molecule has 1 amide bonds. The fourth-order valence-corrected chi connectivity index (χ4v) is 3.20. The summed E-state index contributed by atoms with van der Waals surface area (Å²) in [5.74, 6) is -0.447. The van der Waals surface area contributed by atoms with Gasteiger partial charge >= 0.3 is 0 Å². The van der Waals surface area contributed by atoms with Crippen molar-refractivity contribution in [3.05, 3.63) is 29.6 Å². The maximum Gasteiger partial charge on any atom is 0.240 e. The molecule has 1 aromatic carbocycles. The molecule has 0 bridgehead atoms. The average molecular weight is 294 g/mol. The van der Waals surface area contributed by atoms with Crippen LogP contribution >= 0.6 is 12.2 Å². The lowest BCUT2D eigenvalue weighted by Crippen LogP contribution is -2.49. The lowest BCUT2D eigenvalue weighted by molar-refractivity contribution is -0.125. The second-order valence-corrected chi connectivity index (χ2v) is 5.57. The van der Waals surface area contributed by atoms with E-state index in [2.05, 4.69) is 0 Å². The molecular weight excluding hydrogens is 275 g/mol. The Labute approximate surface area is 123 Å². The van der Waals surface area contributed by atoms with Gasteiger partial charge in [0.2, 0.25) is 5.91 Å². The normalized spacial score (nSPS) is 14.2. The molecule has 5 heteroatoms. The molecule has 0 atom stereocenters. The fraction of sp³-hybridized carbons (Fsp3) is 0.467. The number of carbonyl (C=O) groups is 1. The highest BCUT2D eigenvalue weighted by Crippen LogP contribution is 2.36. The molecule has 0 saturated carbocycles. The van der Waals surface area contributed by atoms with E-state index in [1.165, 1.54) is 12.1 Å². The third-order valence-corrected chi connectivity index (χ3v) is 4.67. The van der Waals surface area contributed by atoms with Crippen LogP contribution in [0.15, 0.2) is 18.2 Å². The molecule has 0 aliphatic carbocycles. The number of nitrogens with zero attached hydrogens (tertiary/aromatic N) is 1. The maximum atomic E-state index is 13.4.